The molecule has 2 aromatic carbocycles. The molecule has 1 spiro atoms. The van der Waals surface area contributed by atoms with Crippen molar-refractivity contribution < 1.29 is 24.0 Å². The van der Waals surface area contributed by atoms with Crippen molar-refractivity contribution in [2.75, 3.05) is 44.2 Å². The monoisotopic (exact) mass is 697 g/mol. The molecule has 262 valence electrons. The predicted molar refractivity (Wildman–Crippen MR) is 194 cm³/mol. The first kappa shape index (κ1) is 34.2. The maximum atomic E-state index is 13.9. The number of carbonyl (C=O) groups is 1. The third-order valence-electron chi connectivity index (χ3n) is 12.5. The average Bonchev–Trinajstić information content (AvgIpc) is 3.36. The fourth-order valence-corrected chi connectivity index (χ4v) is 11.1. The topological polar surface area (TPSA) is 102 Å². The number of halogens is 1. The number of rotatable bonds is 2. The number of ether oxygens (including phenoxy) is 1. The lowest BCUT2D eigenvalue weighted by Crippen LogP contribution is -2.56. The second kappa shape index (κ2) is 13.1. The van der Waals surface area contributed by atoms with E-state index in [4.69, 9.17) is 16.3 Å². The van der Waals surface area contributed by atoms with Crippen molar-refractivity contribution in [2.45, 2.75) is 94.0 Å². The van der Waals surface area contributed by atoms with Crippen LogP contribution in [0.15, 0.2) is 36.4 Å². The maximum absolute atomic E-state index is 13.9. The smallest absolute Gasteiger partial charge is 0.262 e. The summed E-state index contributed by atoms with van der Waals surface area (Å²) in [7, 11) is -2.95. The van der Waals surface area contributed by atoms with Gasteiger partial charge in [-0.25, -0.2) is 4.21 Å². The van der Waals surface area contributed by atoms with E-state index in [2.05, 4.69) is 39.4 Å². The Bertz CT molecular complexity index is 1650. The minimum absolute atomic E-state index is 0.0404. The maximum Gasteiger partial charge on any atom is 0.262 e. The minimum atomic E-state index is -2.95. The number of nitrogens with zero attached hydrogens (tertiary/aromatic N) is 2. The molecular weight excluding hydrogens is 646 g/mol. The molecule has 2 bridgehead atoms. The number of carbonyl (C=O) groups excluding carboxylic acids is 1. The summed E-state index contributed by atoms with van der Waals surface area (Å²) < 4.78 is 23.4. The van der Waals surface area contributed by atoms with E-state index in [1.807, 2.05) is 25.1 Å². The van der Waals surface area contributed by atoms with Gasteiger partial charge in [0, 0.05) is 54.0 Å². The standard InChI is InChI=1S/C38H52ClN3O5S/c1-25-6-4-16-38(45,23-41-17-14-31(43)21-41)33-11-8-29(33)20-42-22-37(15-5-7-27-18-30(39)10-12-32(27)37)24-47-35-13-9-28(19-34(35)42)36(44)40-48(3,46)26(25)2/h9-10,12-13,18-19,25-26,29,31,33,43,45H,3-8,11,14-17,20-24H2,1-2H3,(H,40,44,46)/t25-,26+,29-,31-,33+,37-,38+,48?/m0/s1. The third kappa shape index (κ3) is 6.50. The lowest BCUT2D eigenvalue weighted by Gasteiger charge is -2.51. The summed E-state index contributed by atoms with van der Waals surface area (Å²) in [4.78, 5) is 18.3. The molecule has 2 fully saturated rings. The second-order valence-electron chi connectivity index (χ2n) is 15.7. The number of fused-ring (bicyclic) bond motifs is 4. The highest BCUT2D eigenvalue weighted by atomic mass is 35.5. The van der Waals surface area contributed by atoms with Crippen LogP contribution in [0.4, 0.5) is 5.69 Å². The summed E-state index contributed by atoms with van der Waals surface area (Å²) in [6, 6.07) is 11.8. The van der Waals surface area contributed by atoms with E-state index < -0.39 is 15.3 Å². The molecule has 1 saturated carbocycles. The summed E-state index contributed by atoms with van der Waals surface area (Å²) in [6.07, 6.45) is 7.60. The zero-order valence-corrected chi connectivity index (χ0v) is 30.0. The van der Waals surface area contributed by atoms with E-state index in [1.165, 1.54) is 11.1 Å². The fraction of sp³-hybridized carbons (Fsp3) is 0.632. The van der Waals surface area contributed by atoms with Gasteiger partial charge in [-0.05, 0) is 123 Å². The third-order valence-corrected chi connectivity index (χ3v) is 15.0. The molecule has 48 heavy (non-hydrogen) atoms. The molecule has 0 radical (unpaired) electrons. The fourth-order valence-electron chi connectivity index (χ4n) is 9.41. The lowest BCUT2D eigenvalue weighted by atomic mass is 9.62. The first-order valence-corrected chi connectivity index (χ1v) is 20.1. The van der Waals surface area contributed by atoms with Gasteiger partial charge in [-0.15, -0.1) is 0 Å². The Morgan fingerprint density at radius 3 is 2.67 bits per heavy atom. The number of aliphatic hydroxyl groups is 2. The number of β-amino-alcohol motifs (C(OH)–C–C–N with tert-alkyl or cyclic N) is 2. The molecule has 7 rings (SSSR count). The first-order valence-electron chi connectivity index (χ1n) is 18.0. The van der Waals surface area contributed by atoms with E-state index >= 15 is 0 Å². The molecule has 8 nitrogen and oxygen atoms in total. The molecule has 5 aliphatic rings. The summed E-state index contributed by atoms with van der Waals surface area (Å²) in [5.74, 6) is 4.79. The van der Waals surface area contributed by atoms with Crippen molar-refractivity contribution in [1.82, 2.24) is 9.62 Å². The number of amides is 1. The number of aryl methyl sites for hydroxylation is 1. The van der Waals surface area contributed by atoms with Crippen molar-refractivity contribution in [3.05, 3.63) is 58.1 Å². The minimum Gasteiger partial charge on any atom is -0.490 e. The number of nitrogens with one attached hydrogen (secondary N) is 1. The second-order valence-corrected chi connectivity index (χ2v) is 18.6. The van der Waals surface area contributed by atoms with Gasteiger partial charge in [0.15, 0.2) is 0 Å². The number of benzene rings is 2. The predicted octanol–water partition coefficient (Wildman–Crippen LogP) is 5.21. The highest BCUT2D eigenvalue weighted by Crippen LogP contribution is 2.49. The van der Waals surface area contributed by atoms with E-state index in [9.17, 15) is 19.2 Å². The normalized spacial score (nSPS) is 37.5. The zero-order chi connectivity index (χ0) is 33.8. The van der Waals surface area contributed by atoms with Gasteiger partial charge < -0.3 is 19.8 Å². The van der Waals surface area contributed by atoms with Crippen molar-refractivity contribution in [2.24, 2.45) is 17.8 Å². The van der Waals surface area contributed by atoms with E-state index in [1.54, 1.807) is 6.07 Å². The molecule has 3 N–H and O–H groups in total. The number of hydrogen-bond donors (Lipinski definition) is 3. The Hall–Kier alpha value is -2.30. The summed E-state index contributed by atoms with van der Waals surface area (Å²) in [5, 5.41) is 23.4. The highest BCUT2D eigenvalue weighted by molar-refractivity contribution is 7.99. The van der Waals surface area contributed by atoms with Gasteiger partial charge in [-0.3, -0.25) is 14.4 Å². The quantitative estimate of drug-likeness (QED) is 0.371. The Labute approximate surface area is 291 Å². The van der Waals surface area contributed by atoms with Crippen LogP contribution in [-0.2, 0) is 21.5 Å². The molecular formula is C38H52ClN3O5S. The summed E-state index contributed by atoms with van der Waals surface area (Å²) in [6.45, 7) is 7.90. The van der Waals surface area contributed by atoms with Crippen molar-refractivity contribution in [1.29, 1.82) is 0 Å². The largest absolute Gasteiger partial charge is 0.490 e. The van der Waals surface area contributed by atoms with Gasteiger partial charge in [0.2, 0.25) is 0 Å². The number of anilines is 1. The van der Waals surface area contributed by atoms with Crippen LogP contribution in [0, 0.1) is 17.8 Å². The molecule has 1 amide bonds. The van der Waals surface area contributed by atoms with Crippen LogP contribution in [0.5, 0.6) is 5.75 Å². The van der Waals surface area contributed by atoms with Gasteiger partial charge in [0.05, 0.1) is 33.7 Å². The molecule has 8 atom stereocenters. The average molecular weight is 698 g/mol. The summed E-state index contributed by atoms with van der Waals surface area (Å²) >= 11 is 6.47. The molecule has 2 aliphatic carbocycles. The SMILES string of the molecule is C=S1(=O)NC(=O)c2ccc3c(c2)N(C[C@@H]2CC[C@H]2[C@](O)(CN2CC[C@H](O)C2)CCC[C@H](C)[C@H]1C)C[C@@]1(CCCc2cc(Cl)ccc21)CO3. The van der Waals surface area contributed by atoms with Crippen LogP contribution >= 0.6 is 11.6 Å². The van der Waals surface area contributed by atoms with E-state index in [-0.39, 0.29) is 40.4 Å². The van der Waals surface area contributed by atoms with Crippen LogP contribution in [0.1, 0.15) is 86.7 Å². The van der Waals surface area contributed by atoms with Crippen LogP contribution in [-0.4, -0.2) is 87.4 Å². The molecule has 2 aromatic rings. The number of hydrogen-bond acceptors (Lipinski definition) is 7. The van der Waals surface area contributed by atoms with Gasteiger partial charge in [-0.2, -0.15) is 0 Å². The molecule has 10 heteroatoms. The van der Waals surface area contributed by atoms with Crippen LogP contribution in [0.2, 0.25) is 5.02 Å². The van der Waals surface area contributed by atoms with Gasteiger partial charge in [0.1, 0.15) is 5.75 Å². The Balaban J connectivity index is 1.29. The molecule has 1 unspecified atom stereocenters. The summed E-state index contributed by atoms with van der Waals surface area (Å²) in [5.41, 5.74) is 2.70. The Morgan fingerprint density at radius 2 is 1.92 bits per heavy atom. The molecule has 0 aromatic heterocycles. The van der Waals surface area contributed by atoms with Crippen molar-refractivity contribution in [3.8, 4) is 5.75 Å². The molecule has 3 heterocycles. The van der Waals surface area contributed by atoms with Crippen LogP contribution in [0.3, 0.4) is 0 Å². The number of likely N-dealkylation sites (tertiary alicyclic amines) is 1. The Kier molecular flexibility index (Phi) is 9.33. The molecule has 1 saturated heterocycles. The zero-order valence-electron chi connectivity index (χ0n) is 28.5. The van der Waals surface area contributed by atoms with Crippen LogP contribution in [0.25, 0.3) is 0 Å². The lowest BCUT2D eigenvalue weighted by molar-refractivity contribution is -0.104. The Morgan fingerprint density at radius 1 is 1.08 bits per heavy atom. The van der Waals surface area contributed by atoms with Gasteiger partial charge in [-0.1, -0.05) is 31.0 Å². The van der Waals surface area contributed by atoms with Gasteiger partial charge >= 0.3 is 0 Å². The van der Waals surface area contributed by atoms with Gasteiger partial charge in [0.25, 0.3) is 5.91 Å². The highest BCUT2D eigenvalue weighted by Gasteiger charge is 2.49. The van der Waals surface area contributed by atoms with Crippen molar-refractivity contribution >= 4 is 38.8 Å². The molecule has 3 aliphatic heterocycles. The van der Waals surface area contributed by atoms with E-state index in [0.29, 0.717) is 31.7 Å². The van der Waals surface area contributed by atoms with Crippen LogP contribution < -0.4 is 14.4 Å². The van der Waals surface area contributed by atoms with Crippen molar-refractivity contribution in [3.63, 3.8) is 0 Å². The first-order chi connectivity index (χ1) is 22.9. The number of aliphatic hydroxyl groups excluding tert-OH is 1. The van der Waals surface area contributed by atoms with E-state index in [0.717, 1.165) is 87.5 Å².